The third kappa shape index (κ3) is 4.12. The molecule has 6 unspecified atom stereocenters. The minimum atomic E-state index is -1.40. The van der Waals surface area contributed by atoms with Crippen LogP contribution < -0.4 is 9.80 Å². The van der Waals surface area contributed by atoms with Crippen LogP contribution in [-0.4, -0.2) is 28.7 Å². The minimum Gasteiger partial charge on any atom is -0.508 e. The zero-order valence-corrected chi connectivity index (χ0v) is 27.4. The molecule has 1 saturated carbocycles. The molecule has 0 radical (unpaired) electrons. The summed E-state index contributed by atoms with van der Waals surface area (Å²) in [4.78, 5) is 59.7. The first kappa shape index (κ1) is 30.8. The number of anilines is 2. The zero-order chi connectivity index (χ0) is 33.8. The predicted molar refractivity (Wildman–Crippen MR) is 180 cm³/mol. The fourth-order valence-corrected chi connectivity index (χ4v) is 9.11. The van der Waals surface area contributed by atoms with Crippen molar-refractivity contribution in [1.82, 2.24) is 0 Å². The van der Waals surface area contributed by atoms with Crippen LogP contribution in [0.15, 0.2) is 84.4 Å². The van der Waals surface area contributed by atoms with Crippen molar-refractivity contribution in [2.75, 3.05) is 9.80 Å². The number of imide groups is 2. The highest BCUT2D eigenvalue weighted by atomic mass is 35.5. The van der Waals surface area contributed by atoms with Crippen molar-refractivity contribution in [2.45, 2.75) is 32.6 Å². The van der Waals surface area contributed by atoms with Gasteiger partial charge in [0.25, 0.3) is 0 Å². The van der Waals surface area contributed by atoms with Crippen molar-refractivity contribution in [1.29, 1.82) is 0 Å². The van der Waals surface area contributed by atoms with E-state index in [2.05, 4.69) is 0 Å². The number of benzene rings is 4. The van der Waals surface area contributed by atoms with Gasteiger partial charge in [-0.1, -0.05) is 71.2 Å². The van der Waals surface area contributed by atoms with Gasteiger partial charge in [-0.05, 0) is 85.3 Å². The molecule has 48 heavy (non-hydrogen) atoms. The van der Waals surface area contributed by atoms with E-state index in [1.165, 1.54) is 17.0 Å². The molecule has 10 heteroatoms. The van der Waals surface area contributed by atoms with Gasteiger partial charge >= 0.3 is 0 Å². The van der Waals surface area contributed by atoms with Crippen molar-refractivity contribution in [3.63, 3.8) is 0 Å². The SMILES string of the molecule is Cc1ccc(N2C(=O)C3CC=C4C(CC5C(=O)N(c6ccc(F)c(Cl)c6)C(=O)C5(C)C4c4c(O)ccc5ccccc45)C3C2=O)cc1Cl. The highest BCUT2D eigenvalue weighted by Gasteiger charge is 2.68. The van der Waals surface area contributed by atoms with E-state index in [4.69, 9.17) is 23.2 Å². The Labute approximate surface area is 285 Å². The standard InChI is InChI=1S/C38H29Cl2FN2O5/c1-18-7-9-20(15-27(18)39)42-34(45)24-12-11-23-25(31(24)36(42)47)17-26-35(46)43(21-10-13-29(41)28(40)16-21)37(48)38(26,2)33(23)32-22-6-4-3-5-19(22)8-14-30(32)44/h3-11,13-16,24-26,31,33,44H,12,17H2,1-2H3. The number of allylic oxidation sites excluding steroid dienone is 2. The van der Waals surface area contributed by atoms with Gasteiger partial charge in [0.1, 0.15) is 11.6 Å². The molecule has 2 heterocycles. The summed E-state index contributed by atoms with van der Waals surface area (Å²) in [5.41, 5.74) is 1.15. The number of rotatable bonds is 3. The van der Waals surface area contributed by atoms with Crippen LogP contribution in [0.3, 0.4) is 0 Å². The molecule has 7 nitrogen and oxygen atoms in total. The third-order valence-corrected chi connectivity index (χ3v) is 11.8. The van der Waals surface area contributed by atoms with Crippen molar-refractivity contribution >= 4 is 69.0 Å². The largest absolute Gasteiger partial charge is 0.508 e. The third-order valence-electron chi connectivity index (χ3n) is 11.1. The monoisotopic (exact) mass is 682 g/mol. The number of fused-ring (bicyclic) bond motifs is 5. The van der Waals surface area contributed by atoms with E-state index in [1.54, 1.807) is 37.3 Å². The Morgan fingerprint density at radius 2 is 1.54 bits per heavy atom. The molecule has 2 aliphatic heterocycles. The summed E-state index contributed by atoms with van der Waals surface area (Å²) in [7, 11) is 0. The van der Waals surface area contributed by atoms with E-state index in [0.717, 1.165) is 27.5 Å². The van der Waals surface area contributed by atoms with E-state index in [0.29, 0.717) is 21.7 Å². The molecule has 4 aliphatic rings. The molecule has 8 rings (SSSR count). The van der Waals surface area contributed by atoms with E-state index in [-0.39, 0.29) is 41.1 Å². The maximum Gasteiger partial charge on any atom is 0.241 e. The van der Waals surface area contributed by atoms with Crippen LogP contribution in [0, 0.1) is 41.8 Å². The molecule has 2 aliphatic carbocycles. The summed E-state index contributed by atoms with van der Waals surface area (Å²) in [6.45, 7) is 3.57. The highest BCUT2D eigenvalue weighted by Crippen LogP contribution is 2.65. The summed E-state index contributed by atoms with van der Waals surface area (Å²) in [5, 5.41) is 13.3. The maximum atomic E-state index is 14.7. The number of carbonyl (C=O) groups excluding carboxylic acids is 4. The van der Waals surface area contributed by atoms with E-state index < -0.39 is 52.6 Å². The topological polar surface area (TPSA) is 95.0 Å². The van der Waals surface area contributed by atoms with Crippen LogP contribution in [-0.2, 0) is 19.2 Å². The first-order chi connectivity index (χ1) is 22.9. The lowest BCUT2D eigenvalue weighted by Crippen LogP contribution is -2.49. The number of phenolic OH excluding ortho intramolecular Hbond substituents is 1. The molecule has 4 amide bonds. The molecule has 0 aromatic heterocycles. The van der Waals surface area contributed by atoms with E-state index in [9.17, 15) is 28.7 Å². The van der Waals surface area contributed by atoms with Crippen molar-refractivity contribution in [3.05, 3.63) is 111 Å². The molecule has 4 aromatic carbocycles. The smallest absolute Gasteiger partial charge is 0.241 e. The summed E-state index contributed by atoms with van der Waals surface area (Å²) in [5.74, 6) is -6.27. The lowest BCUT2D eigenvalue weighted by molar-refractivity contribution is -0.131. The minimum absolute atomic E-state index is 0.0457. The molecular formula is C38H29Cl2FN2O5. The van der Waals surface area contributed by atoms with E-state index in [1.807, 2.05) is 37.3 Å². The number of hydrogen-bond donors (Lipinski definition) is 1. The number of carbonyl (C=O) groups is 4. The van der Waals surface area contributed by atoms with Gasteiger partial charge in [0.15, 0.2) is 0 Å². The van der Waals surface area contributed by atoms with Gasteiger partial charge in [-0.15, -0.1) is 0 Å². The molecule has 242 valence electrons. The lowest BCUT2D eigenvalue weighted by atomic mass is 9.51. The molecule has 3 fully saturated rings. The zero-order valence-electron chi connectivity index (χ0n) is 25.9. The van der Waals surface area contributed by atoms with Gasteiger partial charge in [-0.2, -0.15) is 0 Å². The van der Waals surface area contributed by atoms with Crippen LogP contribution in [0.2, 0.25) is 10.0 Å². The van der Waals surface area contributed by atoms with Crippen LogP contribution in [0.5, 0.6) is 5.75 Å². The Morgan fingerprint density at radius 1 is 0.833 bits per heavy atom. The fraction of sp³-hybridized carbons (Fsp3) is 0.263. The second-order valence-electron chi connectivity index (χ2n) is 13.4. The summed E-state index contributed by atoms with van der Waals surface area (Å²) >= 11 is 12.5. The first-order valence-electron chi connectivity index (χ1n) is 15.8. The summed E-state index contributed by atoms with van der Waals surface area (Å²) in [6, 6.07) is 19.6. The molecule has 0 spiro atoms. The number of phenols is 1. The van der Waals surface area contributed by atoms with Gasteiger partial charge in [0, 0.05) is 16.5 Å². The number of aryl methyl sites for hydroxylation is 1. The summed E-state index contributed by atoms with van der Waals surface area (Å²) < 4.78 is 14.2. The quantitative estimate of drug-likeness (QED) is 0.176. The highest BCUT2D eigenvalue weighted by molar-refractivity contribution is 6.32. The molecule has 2 saturated heterocycles. The Bertz CT molecular complexity index is 2170. The second kappa shape index (κ2) is 10.7. The average Bonchev–Trinajstić information content (AvgIpc) is 3.43. The van der Waals surface area contributed by atoms with Crippen LogP contribution in [0.25, 0.3) is 10.8 Å². The Morgan fingerprint density at radius 3 is 2.29 bits per heavy atom. The number of nitrogens with zero attached hydrogens (tertiary/aromatic N) is 2. The Balaban J connectivity index is 1.32. The molecule has 0 bridgehead atoms. The number of amides is 4. The van der Waals surface area contributed by atoms with Gasteiger partial charge < -0.3 is 5.11 Å². The second-order valence-corrected chi connectivity index (χ2v) is 14.2. The maximum absolute atomic E-state index is 14.7. The molecule has 1 N–H and O–H groups in total. The molecule has 6 atom stereocenters. The Hall–Kier alpha value is -4.53. The van der Waals surface area contributed by atoms with Gasteiger partial charge in [0.2, 0.25) is 23.6 Å². The van der Waals surface area contributed by atoms with Gasteiger partial charge in [-0.3, -0.25) is 19.2 Å². The number of aromatic hydroxyl groups is 1. The lowest BCUT2D eigenvalue weighted by Gasteiger charge is -2.49. The number of hydrogen-bond acceptors (Lipinski definition) is 5. The molecule has 4 aromatic rings. The van der Waals surface area contributed by atoms with E-state index >= 15 is 0 Å². The predicted octanol–water partition coefficient (Wildman–Crippen LogP) is 7.74. The normalized spacial score (nSPS) is 28.1. The van der Waals surface area contributed by atoms with Crippen molar-refractivity contribution in [2.24, 2.45) is 29.1 Å². The van der Waals surface area contributed by atoms with Crippen LogP contribution in [0.1, 0.15) is 36.8 Å². The van der Waals surface area contributed by atoms with Crippen LogP contribution >= 0.6 is 23.2 Å². The summed E-state index contributed by atoms with van der Waals surface area (Å²) in [6.07, 6.45) is 2.31. The van der Waals surface area contributed by atoms with Crippen molar-refractivity contribution in [3.8, 4) is 5.75 Å². The Kier molecular flexibility index (Phi) is 6.89. The fourth-order valence-electron chi connectivity index (χ4n) is 8.76. The van der Waals surface area contributed by atoms with Gasteiger partial charge in [-0.25, -0.2) is 14.2 Å². The van der Waals surface area contributed by atoms with Gasteiger partial charge in [0.05, 0.1) is 39.6 Å². The van der Waals surface area contributed by atoms with Crippen LogP contribution in [0.4, 0.5) is 15.8 Å². The first-order valence-corrected chi connectivity index (χ1v) is 16.6. The number of halogens is 3. The average molecular weight is 684 g/mol. The molecular weight excluding hydrogens is 654 g/mol. The van der Waals surface area contributed by atoms with Crippen molar-refractivity contribution < 1.29 is 28.7 Å².